The van der Waals surface area contributed by atoms with Crippen molar-refractivity contribution in [3.05, 3.63) is 112 Å². The molecular weight excluding hydrogens is 598 g/mol. The minimum absolute atomic E-state index is 0.0939. The molecule has 2 aliphatic heterocycles. The molecule has 0 bridgehead atoms. The molecule has 238 valence electrons. The van der Waals surface area contributed by atoms with E-state index in [9.17, 15) is 14.7 Å². The van der Waals surface area contributed by atoms with Crippen LogP contribution in [0.5, 0.6) is 5.75 Å². The van der Waals surface area contributed by atoms with Gasteiger partial charge in [0, 0.05) is 43.2 Å². The van der Waals surface area contributed by atoms with Crippen molar-refractivity contribution in [3.63, 3.8) is 0 Å². The van der Waals surface area contributed by atoms with E-state index in [-0.39, 0.29) is 18.2 Å². The van der Waals surface area contributed by atoms with Gasteiger partial charge in [-0.15, -0.1) is 11.3 Å². The van der Waals surface area contributed by atoms with Crippen LogP contribution in [0.1, 0.15) is 51.2 Å². The predicted molar refractivity (Wildman–Crippen MR) is 182 cm³/mol. The van der Waals surface area contributed by atoms with E-state index in [4.69, 9.17) is 9.47 Å². The summed E-state index contributed by atoms with van der Waals surface area (Å²) in [5.41, 5.74) is 5.48. The number of amides is 1. The van der Waals surface area contributed by atoms with Crippen LogP contribution in [0.4, 0.5) is 5.00 Å². The number of fused-ring (bicyclic) bond motifs is 1. The van der Waals surface area contributed by atoms with E-state index in [0.29, 0.717) is 43.2 Å². The molecule has 2 aliphatic rings. The molecule has 0 spiro atoms. The Bertz CT molecular complexity index is 1660. The van der Waals surface area contributed by atoms with Crippen molar-refractivity contribution >= 4 is 34.3 Å². The summed E-state index contributed by atoms with van der Waals surface area (Å²) < 4.78 is 11.2. The van der Waals surface area contributed by atoms with Gasteiger partial charge in [-0.3, -0.25) is 9.69 Å². The summed E-state index contributed by atoms with van der Waals surface area (Å²) >= 11 is 1.50. The first kappa shape index (κ1) is 31.5. The Balaban J connectivity index is 1.17. The van der Waals surface area contributed by atoms with Gasteiger partial charge in [0.1, 0.15) is 17.0 Å². The van der Waals surface area contributed by atoms with Crippen molar-refractivity contribution in [2.45, 2.75) is 51.0 Å². The van der Waals surface area contributed by atoms with E-state index >= 15 is 0 Å². The number of carbonyl (C=O) groups is 2. The topological polar surface area (TPSA) is 100 Å². The lowest BCUT2D eigenvalue weighted by Gasteiger charge is -2.36. The number of rotatable bonds is 11. The number of nitrogens with one attached hydrogen (secondary N) is 2. The number of carboxylic acid groups (broad SMARTS) is 1. The lowest BCUT2D eigenvalue weighted by molar-refractivity contribution is -0.116. The molecule has 2 atom stereocenters. The lowest BCUT2D eigenvalue weighted by atomic mass is 9.95. The second-order valence-electron chi connectivity index (χ2n) is 11.7. The number of thiophene rings is 1. The maximum Gasteiger partial charge on any atom is 0.338 e. The van der Waals surface area contributed by atoms with Gasteiger partial charge in [0.25, 0.3) is 0 Å². The van der Waals surface area contributed by atoms with Gasteiger partial charge in [-0.1, -0.05) is 66.7 Å². The van der Waals surface area contributed by atoms with Crippen LogP contribution < -0.4 is 15.4 Å². The number of methoxy groups -OCH3 is 1. The lowest BCUT2D eigenvalue weighted by Crippen LogP contribution is -2.46. The SMILES string of the molecule is COc1ccc(CN2Cc3sc(NC4CCCCO4)c(C(=O)O)c3CC2CNC(=O)C=Cc2ccc(-c3ccccc3)cc2)cc1. The van der Waals surface area contributed by atoms with E-state index in [2.05, 4.69) is 27.7 Å². The summed E-state index contributed by atoms with van der Waals surface area (Å²) in [6, 6.07) is 26.1. The van der Waals surface area contributed by atoms with E-state index in [1.165, 1.54) is 11.3 Å². The largest absolute Gasteiger partial charge is 0.497 e. The van der Waals surface area contributed by atoms with E-state index in [1.807, 2.05) is 72.8 Å². The van der Waals surface area contributed by atoms with E-state index in [1.54, 1.807) is 13.2 Å². The monoisotopic (exact) mass is 637 g/mol. The van der Waals surface area contributed by atoms with Gasteiger partial charge in [-0.25, -0.2) is 4.79 Å². The van der Waals surface area contributed by atoms with Crippen molar-refractivity contribution in [2.75, 3.05) is 25.6 Å². The molecule has 1 amide bonds. The first-order valence-corrected chi connectivity index (χ1v) is 16.5. The van der Waals surface area contributed by atoms with Crippen LogP contribution in [0.15, 0.2) is 84.9 Å². The van der Waals surface area contributed by atoms with E-state index < -0.39 is 5.97 Å². The van der Waals surface area contributed by atoms with Crippen LogP contribution in [-0.2, 0) is 29.0 Å². The molecule has 46 heavy (non-hydrogen) atoms. The van der Waals surface area contributed by atoms with Gasteiger partial charge in [0.05, 0.1) is 12.7 Å². The van der Waals surface area contributed by atoms with Crippen molar-refractivity contribution in [2.24, 2.45) is 0 Å². The Morgan fingerprint density at radius 3 is 2.48 bits per heavy atom. The molecule has 1 aromatic heterocycles. The maximum absolute atomic E-state index is 13.0. The molecule has 2 unspecified atom stereocenters. The number of nitrogens with zero attached hydrogens (tertiary/aromatic N) is 1. The van der Waals surface area contributed by atoms with Gasteiger partial charge in [0.2, 0.25) is 5.91 Å². The molecule has 8 nitrogen and oxygen atoms in total. The number of aromatic carboxylic acids is 1. The fraction of sp³-hybridized carbons (Fsp3) is 0.297. The van der Waals surface area contributed by atoms with Crippen LogP contribution >= 0.6 is 11.3 Å². The van der Waals surface area contributed by atoms with Crippen molar-refractivity contribution < 1.29 is 24.2 Å². The van der Waals surface area contributed by atoms with Crippen molar-refractivity contribution in [1.29, 1.82) is 0 Å². The minimum Gasteiger partial charge on any atom is -0.497 e. The highest BCUT2D eigenvalue weighted by atomic mass is 32.1. The first-order valence-electron chi connectivity index (χ1n) is 15.7. The molecule has 0 radical (unpaired) electrons. The van der Waals surface area contributed by atoms with Gasteiger partial charge in [-0.2, -0.15) is 0 Å². The van der Waals surface area contributed by atoms with Gasteiger partial charge in [0.15, 0.2) is 0 Å². The molecule has 3 heterocycles. The van der Waals surface area contributed by atoms with Crippen LogP contribution in [0, 0.1) is 0 Å². The molecule has 1 saturated heterocycles. The first-order chi connectivity index (χ1) is 22.5. The average Bonchev–Trinajstić information content (AvgIpc) is 3.44. The Hall–Kier alpha value is -4.44. The number of carboxylic acids is 1. The highest BCUT2D eigenvalue weighted by Crippen LogP contribution is 2.40. The summed E-state index contributed by atoms with van der Waals surface area (Å²) in [5.74, 6) is -0.341. The zero-order chi connectivity index (χ0) is 31.9. The molecule has 3 N–H and O–H groups in total. The smallest absolute Gasteiger partial charge is 0.338 e. The predicted octanol–water partition coefficient (Wildman–Crippen LogP) is 6.82. The highest BCUT2D eigenvalue weighted by Gasteiger charge is 2.34. The Morgan fingerprint density at radius 1 is 1.02 bits per heavy atom. The molecular formula is C37H39N3O5S. The van der Waals surface area contributed by atoms with Crippen molar-refractivity contribution in [1.82, 2.24) is 10.2 Å². The normalized spacial score (nSPS) is 18.2. The third kappa shape index (κ3) is 7.67. The van der Waals surface area contributed by atoms with Crippen LogP contribution in [0.3, 0.4) is 0 Å². The Morgan fingerprint density at radius 2 is 1.78 bits per heavy atom. The maximum atomic E-state index is 13.0. The zero-order valence-corrected chi connectivity index (χ0v) is 26.7. The third-order valence-electron chi connectivity index (χ3n) is 8.58. The van der Waals surface area contributed by atoms with Crippen LogP contribution in [-0.4, -0.2) is 54.4 Å². The summed E-state index contributed by atoms with van der Waals surface area (Å²) in [4.78, 5) is 28.9. The standard InChI is InChI=1S/C37H39N3O5S/c1-44-30-17-12-26(13-18-30)23-40-24-32-31(35(37(42)43)36(46-32)39-34-9-5-6-20-45-34)21-29(40)22-38-33(41)19-14-25-10-15-28(16-11-25)27-7-3-2-4-8-27/h2-4,7-8,10-19,29,34,39H,5-6,9,20-24H2,1H3,(H,38,41)(H,42,43). The van der Waals surface area contributed by atoms with Gasteiger partial charge < -0.3 is 25.2 Å². The molecule has 1 fully saturated rings. The summed E-state index contributed by atoms with van der Waals surface area (Å²) in [5, 5.41) is 17.4. The van der Waals surface area contributed by atoms with Crippen LogP contribution in [0.2, 0.25) is 0 Å². The fourth-order valence-corrected chi connectivity index (χ4v) is 7.37. The number of carbonyl (C=O) groups excluding carboxylic acids is 1. The van der Waals surface area contributed by atoms with Crippen molar-refractivity contribution in [3.8, 4) is 16.9 Å². The highest BCUT2D eigenvalue weighted by molar-refractivity contribution is 7.16. The number of anilines is 1. The van der Waals surface area contributed by atoms with Gasteiger partial charge >= 0.3 is 5.97 Å². The molecule has 3 aromatic carbocycles. The Kier molecular flexibility index (Phi) is 10.1. The molecule has 6 rings (SSSR count). The zero-order valence-electron chi connectivity index (χ0n) is 25.9. The number of ether oxygens (including phenoxy) is 2. The Labute approximate surface area is 273 Å². The summed E-state index contributed by atoms with van der Waals surface area (Å²) in [6.45, 7) is 2.30. The quantitative estimate of drug-likeness (QED) is 0.155. The number of hydrogen-bond acceptors (Lipinski definition) is 7. The molecule has 0 aliphatic carbocycles. The molecule has 4 aromatic rings. The third-order valence-corrected chi connectivity index (χ3v) is 9.73. The second kappa shape index (κ2) is 14.8. The average molecular weight is 638 g/mol. The minimum atomic E-state index is -0.941. The number of benzene rings is 3. The van der Waals surface area contributed by atoms with Crippen LogP contribution in [0.25, 0.3) is 17.2 Å². The van der Waals surface area contributed by atoms with Gasteiger partial charge in [-0.05, 0) is 71.7 Å². The number of hydrogen-bond donors (Lipinski definition) is 3. The second-order valence-corrected chi connectivity index (χ2v) is 12.8. The summed E-state index contributed by atoms with van der Waals surface area (Å²) in [6.07, 6.45) is 6.62. The molecule has 0 saturated carbocycles. The fourth-order valence-electron chi connectivity index (χ4n) is 6.08. The van der Waals surface area contributed by atoms with E-state index in [0.717, 1.165) is 57.7 Å². The molecule has 9 heteroatoms. The summed E-state index contributed by atoms with van der Waals surface area (Å²) in [7, 11) is 1.65.